The second-order valence-electron chi connectivity index (χ2n) is 2.29. The summed E-state index contributed by atoms with van der Waals surface area (Å²) in [6.07, 6.45) is -0.347. The highest BCUT2D eigenvalue weighted by molar-refractivity contribution is 14.1. The van der Waals surface area contributed by atoms with E-state index >= 15 is 0 Å². The van der Waals surface area contributed by atoms with Gasteiger partial charge in [-0.15, -0.1) is 0 Å². The summed E-state index contributed by atoms with van der Waals surface area (Å²) in [4.78, 5) is 21.8. The summed E-state index contributed by atoms with van der Waals surface area (Å²) < 4.78 is 22.2. The lowest BCUT2D eigenvalue weighted by atomic mass is 10.4. The lowest BCUT2D eigenvalue weighted by Crippen LogP contribution is -2.34. The van der Waals surface area contributed by atoms with E-state index in [1.807, 2.05) is 0 Å². The van der Waals surface area contributed by atoms with Crippen LogP contribution in [-0.4, -0.2) is 28.6 Å². The first-order valence-electron chi connectivity index (χ1n) is 2.88. The number of halogens is 1. The van der Waals surface area contributed by atoms with Gasteiger partial charge in [0.2, 0.25) is 15.9 Å². The van der Waals surface area contributed by atoms with Gasteiger partial charge in [-0.3, -0.25) is 9.59 Å². The van der Waals surface area contributed by atoms with Crippen molar-refractivity contribution in [1.29, 1.82) is 0 Å². The Kier molecular flexibility index (Phi) is 2.40. The first kappa shape index (κ1) is 9.86. The molecule has 1 unspecified atom stereocenters. The normalized spacial score (nSPS) is 25.2. The molecule has 0 aromatic rings. The summed E-state index contributed by atoms with van der Waals surface area (Å²) in [5.41, 5.74) is 0. The van der Waals surface area contributed by atoms with E-state index in [-0.39, 0.29) is 6.42 Å². The minimum Gasteiger partial charge on any atom is -0.274 e. The number of nitrogens with zero attached hydrogens (tertiary/aromatic N) is 1. The van der Waals surface area contributed by atoms with Crippen LogP contribution < -0.4 is 5.14 Å². The van der Waals surface area contributed by atoms with E-state index < -0.39 is 27.1 Å². The van der Waals surface area contributed by atoms with Crippen molar-refractivity contribution in [3.05, 3.63) is 0 Å². The molecular formula is C4H5IN2O4S. The Bertz CT molecular complexity index is 337. The van der Waals surface area contributed by atoms with Crippen LogP contribution in [0.5, 0.6) is 0 Å². The number of primary sulfonamides is 1. The van der Waals surface area contributed by atoms with Crippen molar-refractivity contribution >= 4 is 44.7 Å². The zero-order chi connectivity index (χ0) is 9.52. The van der Waals surface area contributed by atoms with E-state index in [9.17, 15) is 18.0 Å². The third kappa shape index (κ3) is 1.59. The quantitative estimate of drug-likeness (QED) is 0.372. The van der Waals surface area contributed by atoms with Gasteiger partial charge in [0.25, 0.3) is 5.91 Å². The molecule has 1 fully saturated rings. The molecule has 0 spiro atoms. The van der Waals surface area contributed by atoms with E-state index in [1.165, 1.54) is 22.9 Å². The SMILES string of the molecule is NS(=O)(=O)C1CC(=O)N(I)C1=O. The maximum Gasteiger partial charge on any atom is 0.258 e. The third-order valence-electron chi connectivity index (χ3n) is 1.44. The second-order valence-corrected chi connectivity index (χ2v) is 5.01. The molecule has 1 saturated heterocycles. The van der Waals surface area contributed by atoms with Crippen molar-refractivity contribution in [2.24, 2.45) is 5.14 Å². The van der Waals surface area contributed by atoms with E-state index in [2.05, 4.69) is 0 Å². The Morgan fingerprint density at radius 1 is 1.50 bits per heavy atom. The number of nitrogens with two attached hydrogens (primary N) is 1. The van der Waals surface area contributed by atoms with Crippen molar-refractivity contribution in [2.75, 3.05) is 0 Å². The average Bonchev–Trinajstić information content (AvgIpc) is 2.15. The molecule has 1 heterocycles. The van der Waals surface area contributed by atoms with Gasteiger partial charge < -0.3 is 0 Å². The fourth-order valence-electron chi connectivity index (χ4n) is 0.832. The molecule has 0 bridgehead atoms. The molecule has 1 aliphatic rings. The Morgan fingerprint density at radius 3 is 2.17 bits per heavy atom. The van der Waals surface area contributed by atoms with Crippen molar-refractivity contribution in [2.45, 2.75) is 11.7 Å². The summed E-state index contributed by atoms with van der Waals surface area (Å²) in [5, 5.41) is 3.34. The van der Waals surface area contributed by atoms with E-state index in [1.54, 1.807) is 0 Å². The van der Waals surface area contributed by atoms with Gasteiger partial charge in [0.15, 0.2) is 5.25 Å². The van der Waals surface area contributed by atoms with E-state index in [0.717, 1.165) is 3.11 Å². The summed E-state index contributed by atoms with van der Waals surface area (Å²) in [5.74, 6) is -1.29. The number of imide groups is 1. The highest BCUT2D eigenvalue weighted by Crippen LogP contribution is 2.21. The highest BCUT2D eigenvalue weighted by Gasteiger charge is 2.44. The standard InChI is InChI=1S/C4H5IN2O4S/c5-7-3(8)1-2(4(7)9)12(6,10)11/h2H,1H2,(H2,6,10,11). The first-order valence-corrected chi connectivity index (χ1v) is 5.45. The van der Waals surface area contributed by atoms with Crippen molar-refractivity contribution in [3.8, 4) is 0 Å². The Morgan fingerprint density at radius 2 is 2.00 bits per heavy atom. The smallest absolute Gasteiger partial charge is 0.258 e. The molecule has 68 valence electrons. The van der Waals surface area contributed by atoms with Crippen LogP contribution in [-0.2, 0) is 19.6 Å². The number of sulfonamides is 1. The minimum absolute atomic E-state index is 0.347. The summed E-state index contributed by atoms with van der Waals surface area (Å²) in [7, 11) is -3.93. The van der Waals surface area contributed by atoms with Crippen molar-refractivity contribution in [1.82, 2.24) is 3.11 Å². The molecule has 2 amide bonds. The van der Waals surface area contributed by atoms with Gasteiger partial charge in [-0.2, -0.15) is 0 Å². The molecule has 1 rings (SSSR count). The van der Waals surface area contributed by atoms with E-state index in [4.69, 9.17) is 5.14 Å². The van der Waals surface area contributed by atoms with Crippen molar-refractivity contribution in [3.63, 3.8) is 0 Å². The maximum absolute atomic E-state index is 11.0. The molecule has 12 heavy (non-hydrogen) atoms. The van der Waals surface area contributed by atoms with Crippen LogP contribution >= 0.6 is 22.9 Å². The fourth-order valence-corrected chi connectivity index (χ4v) is 2.32. The molecule has 1 atom stereocenters. The van der Waals surface area contributed by atoms with Gasteiger partial charge in [0, 0.05) is 0 Å². The topological polar surface area (TPSA) is 97.5 Å². The second kappa shape index (κ2) is 2.92. The lowest BCUT2D eigenvalue weighted by molar-refractivity contribution is -0.130. The van der Waals surface area contributed by atoms with Crippen molar-refractivity contribution < 1.29 is 18.0 Å². The van der Waals surface area contributed by atoms with Gasteiger partial charge in [0.05, 0.1) is 29.3 Å². The van der Waals surface area contributed by atoms with E-state index in [0.29, 0.717) is 0 Å². The molecule has 0 saturated carbocycles. The Hall–Kier alpha value is -0.220. The number of rotatable bonds is 1. The minimum atomic E-state index is -3.93. The van der Waals surface area contributed by atoms with Crippen LogP contribution in [0.15, 0.2) is 0 Å². The average molecular weight is 304 g/mol. The largest absolute Gasteiger partial charge is 0.274 e. The van der Waals surface area contributed by atoms with Crippen LogP contribution in [0.25, 0.3) is 0 Å². The van der Waals surface area contributed by atoms with Crippen LogP contribution in [0.3, 0.4) is 0 Å². The molecule has 0 aromatic heterocycles. The zero-order valence-electron chi connectivity index (χ0n) is 5.73. The predicted molar refractivity (Wildman–Crippen MR) is 47.4 cm³/mol. The summed E-state index contributed by atoms with van der Waals surface area (Å²) >= 11 is 1.45. The molecule has 8 heteroatoms. The molecule has 0 aliphatic carbocycles. The number of carbonyl (C=O) groups excluding carboxylic acids is 2. The molecule has 6 nitrogen and oxygen atoms in total. The van der Waals surface area contributed by atoms with Crippen LogP contribution in [0.2, 0.25) is 0 Å². The van der Waals surface area contributed by atoms with Crippen LogP contribution in [0.1, 0.15) is 6.42 Å². The summed E-state index contributed by atoms with van der Waals surface area (Å²) in [6.45, 7) is 0. The molecular weight excluding hydrogens is 299 g/mol. The number of carbonyl (C=O) groups is 2. The molecule has 1 aliphatic heterocycles. The highest BCUT2D eigenvalue weighted by atomic mass is 127. The fraction of sp³-hybridized carbons (Fsp3) is 0.500. The number of hydrogen-bond donors (Lipinski definition) is 1. The number of hydrogen-bond acceptors (Lipinski definition) is 4. The number of amides is 2. The van der Waals surface area contributed by atoms with Gasteiger partial charge in [0.1, 0.15) is 0 Å². The monoisotopic (exact) mass is 304 g/mol. The first-order chi connectivity index (χ1) is 5.34. The van der Waals surface area contributed by atoms with Gasteiger partial charge in [-0.25, -0.2) is 16.7 Å². The molecule has 0 aromatic carbocycles. The molecule has 2 N–H and O–H groups in total. The van der Waals surface area contributed by atoms with Gasteiger partial charge >= 0.3 is 0 Å². The van der Waals surface area contributed by atoms with Gasteiger partial charge in [-0.05, 0) is 0 Å². The van der Waals surface area contributed by atoms with Crippen LogP contribution in [0.4, 0.5) is 0 Å². The molecule has 0 radical (unpaired) electrons. The van der Waals surface area contributed by atoms with Crippen LogP contribution in [0, 0.1) is 0 Å². The maximum atomic E-state index is 11.0. The third-order valence-corrected chi connectivity index (χ3v) is 3.62. The Labute approximate surface area is 82.6 Å². The Balaban J connectivity index is 3.01. The zero-order valence-corrected chi connectivity index (χ0v) is 8.70. The lowest BCUT2D eigenvalue weighted by Gasteiger charge is -2.03. The summed E-state index contributed by atoms with van der Waals surface area (Å²) in [6, 6.07) is 0. The van der Waals surface area contributed by atoms with Gasteiger partial charge in [-0.1, -0.05) is 0 Å². The predicted octanol–water partition coefficient (Wildman–Crippen LogP) is -1.25.